The van der Waals surface area contributed by atoms with Gasteiger partial charge in [0, 0.05) is 43.0 Å². The van der Waals surface area contributed by atoms with Crippen LogP contribution in [0.2, 0.25) is 0 Å². The van der Waals surface area contributed by atoms with E-state index in [2.05, 4.69) is 22.6 Å². The standard InChI is InChI=1S/C24H29F3N4O2/c1-12(2)31-11-18(19(8-20(31)32)29-22-16-9-30(4)10-17(16)22)24(33)28-13(3)14-6-5-7-15(21(14)25)23(26)27/h5-8,11-13,16-17,22-23,29H,9-10H2,1-4H3,(H,28,33)/t13-,16-,17+,22-/m1/s1. The van der Waals surface area contributed by atoms with Gasteiger partial charge in [-0.2, -0.15) is 0 Å². The van der Waals surface area contributed by atoms with Crippen molar-refractivity contribution in [3.8, 4) is 0 Å². The van der Waals surface area contributed by atoms with Crippen LogP contribution in [0.25, 0.3) is 0 Å². The number of rotatable bonds is 7. The van der Waals surface area contributed by atoms with Gasteiger partial charge in [0.2, 0.25) is 0 Å². The molecule has 1 amide bonds. The number of piperidine rings is 1. The van der Waals surface area contributed by atoms with Gasteiger partial charge in [-0.1, -0.05) is 18.2 Å². The number of nitrogens with zero attached hydrogens (tertiary/aromatic N) is 2. The molecule has 0 unspecified atom stereocenters. The molecule has 1 aliphatic carbocycles. The highest BCUT2D eigenvalue weighted by atomic mass is 19.3. The van der Waals surface area contributed by atoms with Gasteiger partial charge in [0.05, 0.1) is 22.9 Å². The van der Waals surface area contributed by atoms with Gasteiger partial charge in [-0.15, -0.1) is 0 Å². The van der Waals surface area contributed by atoms with Gasteiger partial charge < -0.3 is 20.1 Å². The van der Waals surface area contributed by atoms with E-state index in [9.17, 15) is 22.8 Å². The number of pyridine rings is 1. The second kappa shape index (κ2) is 8.85. The summed E-state index contributed by atoms with van der Waals surface area (Å²) in [6.45, 7) is 7.14. The molecule has 1 saturated heterocycles. The molecule has 1 aromatic carbocycles. The number of carbonyl (C=O) groups is 1. The lowest BCUT2D eigenvalue weighted by Gasteiger charge is -2.21. The lowest BCUT2D eigenvalue weighted by molar-refractivity contribution is 0.0939. The van der Waals surface area contributed by atoms with Crippen molar-refractivity contribution in [2.75, 3.05) is 25.5 Å². The highest BCUT2D eigenvalue weighted by Gasteiger charge is 2.55. The van der Waals surface area contributed by atoms with E-state index in [0.717, 1.165) is 19.2 Å². The van der Waals surface area contributed by atoms with Crippen molar-refractivity contribution in [3.63, 3.8) is 0 Å². The molecular formula is C24H29F3N4O2. The van der Waals surface area contributed by atoms with E-state index in [4.69, 9.17) is 0 Å². The average Bonchev–Trinajstić information content (AvgIpc) is 3.18. The molecular weight excluding hydrogens is 433 g/mol. The van der Waals surface area contributed by atoms with Gasteiger partial charge in [-0.25, -0.2) is 13.2 Å². The summed E-state index contributed by atoms with van der Waals surface area (Å²) in [7, 11) is 2.06. The number of fused-ring (bicyclic) bond motifs is 1. The molecule has 1 aliphatic heterocycles. The fourth-order valence-corrected chi connectivity index (χ4v) is 4.81. The Morgan fingerprint density at radius 2 is 1.76 bits per heavy atom. The summed E-state index contributed by atoms with van der Waals surface area (Å²) < 4.78 is 42.2. The van der Waals surface area contributed by atoms with Gasteiger partial charge in [0.25, 0.3) is 17.9 Å². The van der Waals surface area contributed by atoms with E-state index in [-0.39, 0.29) is 28.8 Å². The van der Waals surface area contributed by atoms with E-state index < -0.39 is 29.8 Å². The summed E-state index contributed by atoms with van der Waals surface area (Å²) in [4.78, 5) is 28.1. The van der Waals surface area contributed by atoms with Crippen LogP contribution in [0.5, 0.6) is 0 Å². The molecule has 2 fully saturated rings. The maximum atomic E-state index is 14.6. The number of nitrogens with one attached hydrogen (secondary N) is 2. The Hall–Kier alpha value is -2.81. The molecule has 2 aromatic rings. The number of carbonyl (C=O) groups excluding carboxylic acids is 1. The molecule has 33 heavy (non-hydrogen) atoms. The van der Waals surface area contributed by atoms with Crippen molar-refractivity contribution in [3.05, 3.63) is 63.3 Å². The minimum Gasteiger partial charge on any atom is -0.381 e. The van der Waals surface area contributed by atoms with Crippen molar-refractivity contribution in [1.82, 2.24) is 14.8 Å². The Kier molecular flexibility index (Phi) is 6.26. The Morgan fingerprint density at radius 3 is 2.36 bits per heavy atom. The molecule has 0 bridgehead atoms. The highest BCUT2D eigenvalue weighted by Crippen LogP contribution is 2.46. The van der Waals surface area contributed by atoms with Gasteiger partial charge in [-0.05, 0) is 39.7 Å². The Labute approximate surface area is 190 Å². The molecule has 4 rings (SSSR count). The smallest absolute Gasteiger partial charge is 0.266 e. The van der Waals surface area contributed by atoms with Crippen LogP contribution >= 0.6 is 0 Å². The predicted molar refractivity (Wildman–Crippen MR) is 120 cm³/mol. The number of hydrogen-bond donors (Lipinski definition) is 2. The van der Waals surface area contributed by atoms with Crippen LogP contribution in [0.1, 0.15) is 60.8 Å². The number of aromatic nitrogens is 1. The summed E-state index contributed by atoms with van der Waals surface area (Å²) >= 11 is 0. The zero-order valence-corrected chi connectivity index (χ0v) is 19.1. The van der Waals surface area contributed by atoms with Crippen molar-refractivity contribution >= 4 is 11.6 Å². The van der Waals surface area contributed by atoms with Crippen LogP contribution < -0.4 is 16.2 Å². The summed E-state index contributed by atoms with van der Waals surface area (Å²) in [5.41, 5.74) is -0.248. The fraction of sp³-hybridized carbons (Fsp3) is 0.500. The molecule has 1 aromatic heterocycles. The second-order valence-corrected chi connectivity index (χ2v) is 9.41. The van der Waals surface area contributed by atoms with Crippen LogP contribution in [0.15, 0.2) is 35.3 Å². The third-order valence-corrected chi connectivity index (χ3v) is 6.69. The van der Waals surface area contributed by atoms with Crippen LogP contribution in [0.4, 0.5) is 18.9 Å². The first-order valence-corrected chi connectivity index (χ1v) is 11.2. The first-order valence-electron chi connectivity index (χ1n) is 11.2. The third-order valence-electron chi connectivity index (χ3n) is 6.69. The second-order valence-electron chi connectivity index (χ2n) is 9.41. The van der Waals surface area contributed by atoms with Crippen LogP contribution in [0, 0.1) is 17.7 Å². The van der Waals surface area contributed by atoms with Gasteiger partial charge in [-0.3, -0.25) is 9.59 Å². The molecule has 0 spiro atoms. The fourth-order valence-electron chi connectivity index (χ4n) is 4.81. The number of alkyl halides is 2. The molecule has 2 N–H and O–H groups in total. The molecule has 2 aliphatic rings. The first kappa shape index (κ1) is 23.4. The largest absolute Gasteiger partial charge is 0.381 e. The van der Waals surface area contributed by atoms with Crippen LogP contribution in [0.3, 0.4) is 0 Å². The number of anilines is 1. The number of likely N-dealkylation sites (tertiary alicyclic amines) is 1. The van der Waals surface area contributed by atoms with Gasteiger partial charge in [0.15, 0.2) is 0 Å². The third kappa shape index (κ3) is 4.51. The minimum absolute atomic E-state index is 0.0207. The van der Waals surface area contributed by atoms with Crippen LogP contribution in [-0.4, -0.2) is 41.6 Å². The number of hydrogen-bond acceptors (Lipinski definition) is 4. The van der Waals surface area contributed by atoms with Gasteiger partial charge >= 0.3 is 0 Å². The Balaban J connectivity index is 1.60. The SMILES string of the molecule is CC(C)n1cc(C(=O)N[C@H](C)c2cccc(C(F)F)c2F)c(N[C@@H]2[C@@H]3CN(C)C[C@@H]32)cc1=O. The van der Waals surface area contributed by atoms with Crippen molar-refractivity contribution in [2.45, 2.75) is 45.3 Å². The van der Waals surface area contributed by atoms with E-state index in [1.807, 2.05) is 13.8 Å². The zero-order valence-electron chi connectivity index (χ0n) is 19.1. The van der Waals surface area contributed by atoms with E-state index in [0.29, 0.717) is 17.5 Å². The quantitative estimate of drug-likeness (QED) is 0.654. The Bertz CT molecular complexity index is 1110. The molecule has 1 saturated carbocycles. The van der Waals surface area contributed by atoms with Crippen LogP contribution in [-0.2, 0) is 0 Å². The molecule has 2 heterocycles. The predicted octanol–water partition coefficient (Wildman–Crippen LogP) is 3.97. The molecule has 9 heteroatoms. The minimum atomic E-state index is -2.95. The number of benzene rings is 1. The maximum absolute atomic E-state index is 14.6. The lowest BCUT2D eigenvalue weighted by atomic mass is 10.0. The van der Waals surface area contributed by atoms with Crippen molar-refractivity contribution in [2.24, 2.45) is 11.8 Å². The van der Waals surface area contributed by atoms with Crippen molar-refractivity contribution in [1.29, 1.82) is 0 Å². The average molecular weight is 463 g/mol. The monoisotopic (exact) mass is 462 g/mol. The summed E-state index contributed by atoms with van der Waals surface area (Å²) in [6.07, 6.45) is -1.44. The molecule has 4 atom stereocenters. The van der Waals surface area contributed by atoms with E-state index in [1.165, 1.54) is 35.9 Å². The number of halogens is 3. The van der Waals surface area contributed by atoms with Crippen molar-refractivity contribution < 1.29 is 18.0 Å². The highest BCUT2D eigenvalue weighted by molar-refractivity contribution is 5.99. The number of amides is 1. The molecule has 0 radical (unpaired) electrons. The maximum Gasteiger partial charge on any atom is 0.266 e. The molecule has 6 nitrogen and oxygen atoms in total. The molecule has 178 valence electrons. The Morgan fingerprint density at radius 1 is 1.12 bits per heavy atom. The van der Waals surface area contributed by atoms with E-state index >= 15 is 0 Å². The summed E-state index contributed by atoms with van der Waals surface area (Å²) in [6, 6.07) is 4.36. The summed E-state index contributed by atoms with van der Waals surface area (Å²) in [5, 5.41) is 6.08. The topological polar surface area (TPSA) is 66.4 Å². The first-order chi connectivity index (χ1) is 15.6. The van der Waals surface area contributed by atoms with Gasteiger partial charge in [0.1, 0.15) is 5.82 Å². The summed E-state index contributed by atoms with van der Waals surface area (Å²) in [5.74, 6) is -0.586. The zero-order chi connectivity index (χ0) is 24.0. The van der Waals surface area contributed by atoms with E-state index in [1.54, 1.807) is 0 Å². The normalized spacial score (nSPS) is 23.0. The lowest BCUT2D eigenvalue weighted by Crippen LogP contribution is -2.32.